The molecule has 0 aromatic carbocycles. The van der Waals surface area contributed by atoms with Gasteiger partial charge in [-0.2, -0.15) is 0 Å². The van der Waals surface area contributed by atoms with Gasteiger partial charge in [0.15, 0.2) is 0 Å². The fourth-order valence-electron chi connectivity index (χ4n) is 1.97. The summed E-state index contributed by atoms with van der Waals surface area (Å²) in [4.78, 5) is 4.49. The van der Waals surface area contributed by atoms with Crippen LogP contribution in [-0.2, 0) is 4.74 Å². The van der Waals surface area contributed by atoms with Crippen molar-refractivity contribution in [1.29, 1.82) is 0 Å². The second-order valence-corrected chi connectivity index (χ2v) is 6.09. The first kappa shape index (κ1) is 13.5. The Balaban J connectivity index is 1.81. The van der Waals surface area contributed by atoms with Crippen LogP contribution in [0.3, 0.4) is 0 Å². The van der Waals surface area contributed by atoms with Gasteiger partial charge in [-0.25, -0.2) is 0 Å². The van der Waals surface area contributed by atoms with Gasteiger partial charge in [0.05, 0.1) is 12.3 Å². The minimum absolute atomic E-state index is 0.604. The fourth-order valence-corrected chi connectivity index (χ4v) is 3.25. The number of methoxy groups -OCH3 is 1. The van der Waals surface area contributed by atoms with Crippen LogP contribution < -0.4 is 5.32 Å². The Morgan fingerprint density at radius 2 is 2.35 bits per heavy atom. The predicted octanol–water partition coefficient (Wildman–Crippen LogP) is 2.95. The average molecular weight is 364 g/mol. The molecule has 3 nitrogen and oxygen atoms in total. The summed E-state index contributed by atoms with van der Waals surface area (Å²) in [5.74, 6) is 1.32. The third kappa shape index (κ3) is 3.74. The molecule has 1 N–H and O–H groups in total. The second-order valence-electron chi connectivity index (χ2n) is 4.32. The van der Waals surface area contributed by atoms with Crippen LogP contribution in [0.25, 0.3) is 0 Å². The molecule has 1 aromatic rings. The summed E-state index contributed by atoms with van der Waals surface area (Å²) < 4.78 is 7.13. The predicted molar refractivity (Wildman–Crippen MR) is 75.2 cm³/mol. The minimum atomic E-state index is 0.604. The van der Waals surface area contributed by atoms with Crippen LogP contribution in [0.4, 0.5) is 0 Å². The average Bonchev–Trinajstić information content (AvgIpc) is 3.04. The quantitative estimate of drug-likeness (QED) is 0.789. The number of nitrogens with zero attached hydrogens (tertiary/aromatic N) is 1. The zero-order valence-electron chi connectivity index (χ0n) is 9.75. The number of pyridine rings is 1. The standard InChI is InChI=1S/C12H16Br2N2O/c1-17-3-2-15-6-8-4-10(8)12-11(14)5-9(13)7-16-12/h5,7-8,10,15H,2-4,6H2,1H3. The topological polar surface area (TPSA) is 34.1 Å². The van der Waals surface area contributed by atoms with Gasteiger partial charge in [0.25, 0.3) is 0 Å². The molecule has 1 aliphatic carbocycles. The summed E-state index contributed by atoms with van der Waals surface area (Å²) in [7, 11) is 1.73. The Morgan fingerprint density at radius 3 is 3.06 bits per heavy atom. The first-order valence-corrected chi connectivity index (χ1v) is 7.31. The molecule has 1 heterocycles. The van der Waals surface area contributed by atoms with Crippen molar-refractivity contribution < 1.29 is 4.74 Å². The molecule has 2 unspecified atom stereocenters. The zero-order valence-corrected chi connectivity index (χ0v) is 12.9. The molecule has 0 amide bonds. The summed E-state index contributed by atoms with van der Waals surface area (Å²) in [6.45, 7) is 2.75. The molecule has 2 rings (SSSR count). The lowest BCUT2D eigenvalue weighted by Gasteiger charge is -2.05. The molecule has 1 aliphatic rings. The lowest BCUT2D eigenvalue weighted by atomic mass is 10.2. The van der Waals surface area contributed by atoms with Gasteiger partial charge in [-0.15, -0.1) is 0 Å². The molecule has 1 aromatic heterocycles. The summed E-state index contributed by atoms with van der Waals surface area (Å²) in [5, 5.41) is 3.40. The minimum Gasteiger partial charge on any atom is -0.383 e. The van der Waals surface area contributed by atoms with E-state index in [1.807, 2.05) is 6.20 Å². The monoisotopic (exact) mass is 362 g/mol. The van der Waals surface area contributed by atoms with E-state index in [1.54, 1.807) is 7.11 Å². The number of aromatic nitrogens is 1. The maximum absolute atomic E-state index is 5.00. The molecular formula is C12H16Br2N2O. The zero-order chi connectivity index (χ0) is 12.3. The molecule has 17 heavy (non-hydrogen) atoms. The van der Waals surface area contributed by atoms with Crippen molar-refractivity contribution in [3.63, 3.8) is 0 Å². The molecule has 0 spiro atoms. The molecule has 94 valence electrons. The SMILES string of the molecule is COCCNCC1CC1c1ncc(Br)cc1Br. The van der Waals surface area contributed by atoms with Crippen LogP contribution >= 0.6 is 31.9 Å². The molecule has 2 atom stereocenters. The second kappa shape index (κ2) is 6.27. The van der Waals surface area contributed by atoms with Gasteiger partial charge in [0.1, 0.15) is 0 Å². The van der Waals surface area contributed by atoms with Crippen molar-refractivity contribution in [3.8, 4) is 0 Å². The highest BCUT2D eigenvalue weighted by molar-refractivity contribution is 9.11. The van der Waals surface area contributed by atoms with E-state index in [9.17, 15) is 0 Å². The van der Waals surface area contributed by atoms with Crippen LogP contribution in [0, 0.1) is 5.92 Å². The number of ether oxygens (including phenoxy) is 1. The van der Waals surface area contributed by atoms with Gasteiger partial charge in [-0.1, -0.05) is 0 Å². The van der Waals surface area contributed by atoms with E-state index in [4.69, 9.17) is 4.74 Å². The first-order chi connectivity index (χ1) is 8.22. The molecule has 0 saturated heterocycles. The Kier molecular flexibility index (Phi) is 4.97. The van der Waals surface area contributed by atoms with Crippen molar-refractivity contribution >= 4 is 31.9 Å². The fraction of sp³-hybridized carbons (Fsp3) is 0.583. The highest BCUT2D eigenvalue weighted by Crippen LogP contribution is 2.48. The summed E-state index contributed by atoms with van der Waals surface area (Å²) >= 11 is 7.00. The van der Waals surface area contributed by atoms with Crippen molar-refractivity contribution in [3.05, 3.63) is 26.9 Å². The van der Waals surface area contributed by atoms with Crippen LogP contribution in [0.1, 0.15) is 18.0 Å². The molecule has 0 bridgehead atoms. The van der Waals surface area contributed by atoms with E-state index in [1.165, 1.54) is 12.1 Å². The maximum Gasteiger partial charge on any atom is 0.0587 e. The number of hydrogen-bond acceptors (Lipinski definition) is 3. The number of hydrogen-bond donors (Lipinski definition) is 1. The van der Waals surface area contributed by atoms with Crippen molar-refractivity contribution in [2.75, 3.05) is 26.8 Å². The largest absolute Gasteiger partial charge is 0.383 e. The smallest absolute Gasteiger partial charge is 0.0587 e. The Hall–Kier alpha value is 0.0300. The van der Waals surface area contributed by atoms with Gasteiger partial charge in [-0.3, -0.25) is 4.98 Å². The van der Waals surface area contributed by atoms with E-state index in [0.29, 0.717) is 5.92 Å². The Labute approximate surface area is 119 Å². The van der Waals surface area contributed by atoms with Crippen molar-refractivity contribution in [1.82, 2.24) is 10.3 Å². The van der Waals surface area contributed by atoms with Crippen LogP contribution in [0.2, 0.25) is 0 Å². The number of halogens is 2. The Morgan fingerprint density at radius 1 is 1.53 bits per heavy atom. The molecule has 0 aliphatic heterocycles. The lowest BCUT2D eigenvalue weighted by Crippen LogP contribution is -2.21. The summed E-state index contributed by atoms with van der Waals surface area (Å²) in [6.07, 6.45) is 3.10. The number of rotatable bonds is 6. The number of nitrogens with one attached hydrogen (secondary N) is 1. The van der Waals surface area contributed by atoms with Gasteiger partial charge in [0.2, 0.25) is 0 Å². The molecule has 5 heteroatoms. The third-order valence-electron chi connectivity index (χ3n) is 3.00. The van der Waals surface area contributed by atoms with Gasteiger partial charge >= 0.3 is 0 Å². The Bertz CT molecular complexity index is 387. The van der Waals surface area contributed by atoms with E-state index in [2.05, 4.69) is 48.2 Å². The van der Waals surface area contributed by atoms with Gasteiger partial charge in [-0.05, 0) is 56.8 Å². The maximum atomic E-state index is 5.00. The third-order valence-corrected chi connectivity index (χ3v) is 4.07. The van der Waals surface area contributed by atoms with Crippen molar-refractivity contribution in [2.24, 2.45) is 5.92 Å². The molecule has 0 radical (unpaired) electrons. The van der Waals surface area contributed by atoms with E-state index in [0.717, 1.165) is 34.6 Å². The van der Waals surface area contributed by atoms with Crippen LogP contribution in [-0.4, -0.2) is 31.8 Å². The van der Waals surface area contributed by atoms with Crippen molar-refractivity contribution in [2.45, 2.75) is 12.3 Å². The van der Waals surface area contributed by atoms with E-state index < -0.39 is 0 Å². The first-order valence-electron chi connectivity index (χ1n) is 5.73. The molecule has 1 fully saturated rings. The molecular weight excluding hydrogens is 348 g/mol. The normalized spacial score (nSPS) is 22.8. The highest BCUT2D eigenvalue weighted by Gasteiger charge is 2.39. The summed E-state index contributed by atoms with van der Waals surface area (Å²) in [5.41, 5.74) is 1.19. The van der Waals surface area contributed by atoms with E-state index in [-0.39, 0.29) is 0 Å². The lowest BCUT2D eigenvalue weighted by molar-refractivity contribution is 0.199. The van der Waals surface area contributed by atoms with Gasteiger partial charge < -0.3 is 10.1 Å². The summed E-state index contributed by atoms with van der Waals surface area (Å²) in [6, 6.07) is 2.07. The van der Waals surface area contributed by atoms with E-state index >= 15 is 0 Å². The van der Waals surface area contributed by atoms with Crippen LogP contribution in [0.5, 0.6) is 0 Å². The highest BCUT2D eigenvalue weighted by atomic mass is 79.9. The molecule has 1 saturated carbocycles. The van der Waals surface area contributed by atoms with Gasteiger partial charge in [0, 0.05) is 34.7 Å². The van der Waals surface area contributed by atoms with Crippen LogP contribution in [0.15, 0.2) is 21.2 Å².